The molecular formula is C11H15N3O2. The second kappa shape index (κ2) is 5.16. The van der Waals surface area contributed by atoms with Crippen LogP contribution in [0.2, 0.25) is 0 Å². The van der Waals surface area contributed by atoms with Gasteiger partial charge in [-0.2, -0.15) is 0 Å². The van der Waals surface area contributed by atoms with Crippen LogP contribution in [0.3, 0.4) is 0 Å². The Labute approximate surface area is 94.2 Å². The standard InChI is InChI=1S/C11H15N3O2/c1-14(2)10(15)7-13-9-6-4-3-5-8(9)11(12)16/h3-6,13H,7H2,1-2H3,(H2,12,16). The number of hydrogen-bond donors (Lipinski definition) is 2. The first-order valence-corrected chi connectivity index (χ1v) is 4.85. The summed E-state index contributed by atoms with van der Waals surface area (Å²) < 4.78 is 0. The summed E-state index contributed by atoms with van der Waals surface area (Å²) in [6.07, 6.45) is 0. The first kappa shape index (κ1) is 12.0. The van der Waals surface area contributed by atoms with Gasteiger partial charge in [-0.25, -0.2) is 0 Å². The van der Waals surface area contributed by atoms with Gasteiger partial charge >= 0.3 is 0 Å². The summed E-state index contributed by atoms with van der Waals surface area (Å²) >= 11 is 0. The molecule has 0 heterocycles. The zero-order valence-electron chi connectivity index (χ0n) is 9.36. The van der Waals surface area contributed by atoms with Crippen molar-refractivity contribution >= 4 is 17.5 Å². The van der Waals surface area contributed by atoms with Crippen molar-refractivity contribution in [2.45, 2.75) is 0 Å². The molecule has 0 aliphatic carbocycles. The Morgan fingerprint density at radius 2 is 1.94 bits per heavy atom. The zero-order chi connectivity index (χ0) is 12.1. The predicted molar refractivity (Wildman–Crippen MR) is 62.1 cm³/mol. The van der Waals surface area contributed by atoms with Gasteiger partial charge < -0.3 is 16.0 Å². The molecule has 16 heavy (non-hydrogen) atoms. The van der Waals surface area contributed by atoms with Gasteiger partial charge in [-0.1, -0.05) is 12.1 Å². The van der Waals surface area contributed by atoms with E-state index in [1.807, 2.05) is 0 Å². The van der Waals surface area contributed by atoms with Gasteiger partial charge in [-0.3, -0.25) is 9.59 Å². The molecule has 0 bridgehead atoms. The Morgan fingerprint density at radius 3 is 2.50 bits per heavy atom. The highest BCUT2D eigenvalue weighted by atomic mass is 16.2. The number of likely N-dealkylation sites (N-methyl/N-ethyl adjacent to an activating group) is 1. The molecule has 0 saturated heterocycles. The van der Waals surface area contributed by atoms with Gasteiger partial charge in [0.15, 0.2) is 0 Å². The third-order valence-electron chi connectivity index (χ3n) is 2.12. The van der Waals surface area contributed by atoms with E-state index in [2.05, 4.69) is 5.32 Å². The number of carbonyl (C=O) groups is 2. The number of nitrogens with one attached hydrogen (secondary N) is 1. The van der Waals surface area contributed by atoms with Crippen LogP contribution in [0.5, 0.6) is 0 Å². The largest absolute Gasteiger partial charge is 0.376 e. The lowest BCUT2D eigenvalue weighted by molar-refractivity contribution is -0.126. The molecular weight excluding hydrogens is 206 g/mol. The molecule has 1 aromatic carbocycles. The molecule has 0 aliphatic heterocycles. The number of rotatable bonds is 4. The number of carbonyl (C=O) groups excluding carboxylic acids is 2. The Morgan fingerprint density at radius 1 is 1.31 bits per heavy atom. The van der Waals surface area contributed by atoms with Crippen molar-refractivity contribution in [1.29, 1.82) is 0 Å². The second-order valence-corrected chi connectivity index (χ2v) is 3.55. The van der Waals surface area contributed by atoms with Gasteiger partial charge in [0.25, 0.3) is 5.91 Å². The Balaban J connectivity index is 2.74. The molecule has 5 nitrogen and oxygen atoms in total. The lowest BCUT2D eigenvalue weighted by Crippen LogP contribution is -2.29. The molecule has 0 aliphatic rings. The minimum Gasteiger partial charge on any atom is -0.376 e. The Hall–Kier alpha value is -2.04. The fourth-order valence-corrected chi connectivity index (χ4v) is 1.18. The molecule has 0 unspecified atom stereocenters. The van der Waals surface area contributed by atoms with Crippen LogP contribution in [-0.2, 0) is 4.79 Å². The van der Waals surface area contributed by atoms with Crippen molar-refractivity contribution in [3.8, 4) is 0 Å². The highest BCUT2D eigenvalue weighted by Gasteiger charge is 2.08. The average Bonchev–Trinajstić information content (AvgIpc) is 2.25. The topological polar surface area (TPSA) is 75.4 Å². The summed E-state index contributed by atoms with van der Waals surface area (Å²) in [5, 5.41) is 2.88. The van der Waals surface area contributed by atoms with Crippen molar-refractivity contribution in [1.82, 2.24) is 4.90 Å². The van der Waals surface area contributed by atoms with Crippen molar-refractivity contribution in [2.24, 2.45) is 5.73 Å². The van der Waals surface area contributed by atoms with Crippen LogP contribution < -0.4 is 11.1 Å². The molecule has 2 amide bonds. The zero-order valence-corrected chi connectivity index (χ0v) is 9.36. The van der Waals surface area contributed by atoms with E-state index in [0.717, 1.165) is 0 Å². The highest BCUT2D eigenvalue weighted by Crippen LogP contribution is 2.13. The van der Waals surface area contributed by atoms with Gasteiger partial charge in [-0.05, 0) is 12.1 Å². The number of amides is 2. The summed E-state index contributed by atoms with van der Waals surface area (Å²) in [7, 11) is 3.34. The van der Waals surface area contributed by atoms with Crippen LogP contribution in [0, 0.1) is 0 Å². The third-order valence-corrected chi connectivity index (χ3v) is 2.12. The Bertz CT molecular complexity index is 402. The van der Waals surface area contributed by atoms with Crippen LogP contribution in [-0.4, -0.2) is 37.4 Å². The van der Waals surface area contributed by atoms with Crippen LogP contribution in [0.1, 0.15) is 10.4 Å². The van der Waals surface area contributed by atoms with Crippen molar-refractivity contribution in [2.75, 3.05) is 26.0 Å². The van der Waals surface area contributed by atoms with E-state index in [0.29, 0.717) is 11.3 Å². The van der Waals surface area contributed by atoms with Crippen LogP contribution in [0.4, 0.5) is 5.69 Å². The number of primary amides is 1. The number of nitrogens with two attached hydrogens (primary N) is 1. The summed E-state index contributed by atoms with van der Waals surface area (Å²) in [5.74, 6) is -0.584. The number of benzene rings is 1. The minimum atomic E-state index is -0.514. The van der Waals surface area contributed by atoms with E-state index in [9.17, 15) is 9.59 Å². The van der Waals surface area contributed by atoms with Gasteiger partial charge in [0.1, 0.15) is 0 Å². The molecule has 1 rings (SSSR count). The summed E-state index contributed by atoms with van der Waals surface area (Å²) in [5.41, 5.74) is 6.16. The first-order chi connectivity index (χ1) is 7.52. The summed E-state index contributed by atoms with van der Waals surface area (Å²) in [6.45, 7) is 0.136. The normalized spacial score (nSPS) is 9.62. The molecule has 0 aromatic heterocycles. The molecule has 0 fully saturated rings. The molecule has 3 N–H and O–H groups in total. The second-order valence-electron chi connectivity index (χ2n) is 3.55. The quantitative estimate of drug-likeness (QED) is 0.767. The van der Waals surface area contributed by atoms with Crippen molar-refractivity contribution in [3.05, 3.63) is 29.8 Å². The molecule has 1 aromatic rings. The molecule has 0 spiro atoms. The van der Waals surface area contributed by atoms with Crippen molar-refractivity contribution < 1.29 is 9.59 Å². The van der Waals surface area contributed by atoms with Crippen LogP contribution >= 0.6 is 0 Å². The number of para-hydroxylation sites is 1. The number of anilines is 1. The molecule has 0 radical (unpaired) electrons. The summed E-state index contributed by atoms with van der Waals surface area (Å²) in [4.78, 5) is 23.9. The fraction of sp³-hybridized carbons (Fsp3) is 0.273. The lowest BCUT2D eigenvalue weighted by atomic mass is 10.1. The van der Waals surface area contributed by atoms with Gasteiger partial charge in [0.2, 0.25) is 5.91 Å². The van der Waals surface area contributed by atoms with Gasteiger partial charge in [0, 0.05) is 19.8 Å². The van der Waals surface area contributed by atoms with E-state index in [1.165, 1.54) is 4.90 Å². The maximum atomic E-state index is 11.3. The van der Waals surface area contributed by atoms with E-state index < -0.39 is 5.91 Å². The van der Waals surface area contributed by atoms with E-state index in [4.69, 9.17) is 5.73 Å². The molecule has 0 atom stereocenters. The monoisotopic (exact) mass is 221 g/mol. The highest BCUT2D eigenvalue weighted by molar-refractivity contribution is 5.98. The maximum absolute atomic E-state index is 11.3. The first-order valence-electron chi connectivity index (χ1n) is 4.85. The van der Waals surface area contributed by atoms with Crippen molar-refractivity contribution in [3.63, 3.8) is 0 Å². The molecule has 0 saturated carbocycles. The third kappa shape index (κ3) is 2.98. The average molecular weight is 221 g/mol. The van der Waals surface area contributed by atoms with E-state index in [-0.39, 0.29) is 12.5 Å². The SMILES string of the molecule is CN(C)C(=O)CNc1ccccc1C(N)=O. The maximum Gasteiger partial charge on any atom is 0.250 e. The smallest absolute Gasteiger partial charge is 0.250 e. The predicted octanol–water partition coefficient (Wildman–Crippen LogP) is 0.286. The molecule has 5 heteroatoms. The van der Waals surface area contributed by atoms with E-state index in [1.54, 1.807) is 38.4 Å². The van der Waals surface area contributed by atoms with E-state index >= 15 is 0 Å². The van der Waals surface area contributed by atoms with Crippen LogP contribution in [0.25, 0.3) is 0 Å². The Kier molecular flexibility index (Phi) is 3.88. The fourth-order valence-electron chi connectivity index (χ4n) is 1.18. The van der Waals surface area contributed by atoms with Crippen LogP contribution in [0.15, 0.2) is 24.3 Å². The summed E-state index contributed by atoms with van der Waals surface area (Å²) in [6, 6.07) is 6.82. The number of hydrogen-bond acceptors (Lipinski definition) is 3. The molecule has 86 valence electrons. The van der Waals surface area contributed by atoms with Gasteiger partial charge in [0.05, 0.1) is 12.1 Å². The lowest BCUT2D eigenvalue weighted by Gasteiger charge is -2.13. The van der Waals surface area contributed by atoms with Gasteiger partial charge in [-0.15, -0.1) is 0 Å². The number of nitrogens with zero attached hydrogens (tertiary/aromatic N) is 1. The minimum absolute atomic E-state index is 0.0701.